The van der Waals surface area contributed by atoms with E-state index in [9.17, 15) is 9.59 Å². The van der Waals surface area contributed by atoms with Gasteiger partial charge in [-0.3, -0.25) is 9.59 Å². The van der Waals surface area contributed by atoms with Gasteiger partial charge in [-0.1, -0.05) is 12.1 Å². The highest BCUT2D eigenvalue weighted by Crippen LogP contribution is 2.26. The maximum Gasteiger partial charge on any atom is 0.253 e. The summed E-state index contributed by atoms with van der Waals surface area (Å²) in [4.78, 5) is 28.4. The van der Waals surface area contributed by atoms with E-state index in [1.807, 2.05) is 43.7 Å². The van der Waals surface area contributed by atoms with Crippen LogP contribution in [0.3, 0.4) is 0 Å². The third-order valence-corrected chi connectivity index (χ3v) is 4.46. The van der Waals surface area contributed by atoms with Gasteiger partial charge in [0.1, 0.15) is 0 Å². The summed E-state index contributed by atoms with van der Waals surface area (Å²) in [5.74, 6) is -0.608. The Labute approximate surface area is 155 Å². The summed E-state index contributed by atoms with van der Waals surface area (Å²) in [5.41, 5.74) is 3.26. The van der Waals surface area contributed by atoms with Crippen molar-refractivity contribution in [2.45, 2.75) is 0 Å². The summed E-state index contributed by atoms with van der Waals surface area (Å²) < 4.78 is 1.77. The van der Waals surface area contributed by atoms with Crippen molar-refractivity contribution in [1.82, 2.24) is 14.9 Å². The van der Waals surface area contributed by atoms with E-state index < -0.39 is 0 Å². The van der Waals surface area contributed by atoms with Gasteiger partial charge in [0.2, 0.25) is 5.91 Å². The first-order chi connectivity index (χ1) is 12.5. The molecule has 3 N–H and O–H groups in total. The Bertz CT molecular complexity index is 931. The van der Waals surface area contributed by atoms with Crippen LogP contribution in [0.25, 0.3) is 11.3 Å². The molecule has 26 heavy (non-hydrogen) atoms. The fourth-order valence-electron chi connectivity index (χ4n) is 2.36. The first kappa shape index (κ1) is 17.7. The average molecular weight is 369 g/mol. The van der Waals surface area contributed by atoms with Crippen LogP contribution in [0.5, 0.6) is 0 Å². The lowest BCUT2D eigenvalue weighted by molar-refractivity contribution is -0.115. The van der Waals surface area contributed by atoms with Gasteiger partial charge in [0.15, 0.2) is 5.13 Å². The molecule has 0 fully saturated rings. The van der Waals surface area contributed by atoms with Crippen LogP contribution in [0.1, 0.15) is 10.4 Å². The number of thiazole rings is 1. The lowest BCUT2D eigenvalue weighted by atomic mass is 10.1. The van der Waals surface area contributed by atoms with Gasteiger partial charge in [-0.05, 0) is 18.2 Å². The van der Waals surface area contributed by atoms with Crippen molar-refractivity contribution in [2.24, 2.45) is 7.05 Å². The molecular formula is C18H19N5O2S. The SMILES string of the molecule is CNc1cccc(-c2csc(NC(=O)CNC(=O)c3ccn(C)c3)n2)c1. The number of amides is 2. The summed E-state index contributed by atoms with van der Waals surface area (Å²) in [6.45, 7) is -0.113. The van der Waals surface area contributed by atoms with E-state index in [0.29, 0.717) is 10.7 Å². The number of aromatic nitrogens is 2. The fraction of sp³-hybridized carbons (Fsp3) is 0.167. The van der Waals surface area contributed by atoms with E-state index in [1.54, 1.807) is 23.0 Å². The second-order valence-corrected chi connectivity index (χ2v) is 6.52. The quantitative estimate of drug-likeness (QED) is 0.623. The minimum Gasteiger partial charge on any atom is -0.388 e. The second-order valence-electron chi connectivity index (χ2n) is 5.67. The van der Waals surface area contributed by atoms with E-state index in [2.05, 4.69) is 20.9 Å². The van der Waals surface area contributed by atoms with Gasteiger partial charge < -0.3 is 20.5 Å². The Morgan fingerprint density at radius 3 is 2.85 bits per heavy atom. The largest absolute Gasteiger partial charge is 0.388 e. The van der Waals surface area contributed by atoms with Gasteiger partial charge in [-0.25, -0.2) is 4.98 Å². The van der Waals surface area contributed by atoms with Crippen molar-refractivity contribution in [3.63, 3.8) is 0 Å². The van der Waals surface area contributed by atoms with Crippen LogP contribution in [0.4, 0.5) is 10.8 Å². The molecule has 0 radical (unpaired) electrons. The number of nitrogens with one attached hydrogen (secondary N) is 3. The van der Waals surface area contributed by atoms with Crippen molar-refractivity contribution in [3.8, 4) is 11.3 Å². The lowest BCUT2D eigenvalue weighted by Gasteiger charge is -2.04. The highest BCUT2D eigenvalue weighted by atomic mass is 32.1. The predicted octanol–water partition coefficient (Wildman–Crippen LogP) is 2.56. The molecular weight excluding hydrogens is 350 g/mol. The Hall–Kier alpha value is -3.13. The topological polar surface area (TPSA) is 88.0 Å². The standard InChI is InChI=1S/C18H19N5O2S/c1-19-14-5-3-4-12(8-14)15-11-26-18(21-15)22-16(24)9-20-17(25)13-6-7-23(2)10-13/h3-8,10-11,19H,9H2,1-2H3,(H,20,25)(H,21,22,24). The Kier molecular flexibility index (Phi) is 5.33. The zero-order chi connectivity index (χ0) is 18.5. The molecule has 2 heterocycles. The first-order valence-electron chi connectivity index (χ1n) is 7.99. The lowest BCUT2D eigenvalue weighted by Crippen LogP contribution is -2.32. The van der Waals surface area contributed by atoms with Crippen LogP contribution >= 0.6 is 11.3 Å². The van der Waals surface area contributed by atoms with Crippen molar-refractivity contribution < 1.29 is 9.59 Å². The highest BCUT2D eigenvalue weighted by Gasteiger charge is 2.11. The molecule has 0 saturated heterocycles. The van der Waals surface area contributed by atoms with E-state index in [1.165, 1.54) is 11.3 Å². The molecule has 0 atom stereocenters. The highest BCUT2D eigenvalue weighted by molar-refractivity contribution is 7.14. The summed E-state index contributed by atoms with van der Waals surface area (Å²) >= 11 is 1.34. The molecule has 0 aliphatic heterocycles. The van der Waals surface area contributed by atoms with E-state index in [4.69, 9.17) is 0 Å². The number of anilines is 2. The molecule has 2 amide bonds. The van der Waals surface area contributed by atoms with Crippen LogP contribution in [0.2, 0.25) is 0 Å². The fourth-order valence-corrected chi connectivity index (χ4v) is 3.10. The van der Waals surface area contributed by atoms with Crippen molar-refractivity contribution >= 4 is 34.0 Å². The molecule has 0 spiro atoms. The number of carbonyl (C=O) groups is 2. The molecule has 0 aliphatic rings. The van der Waals surface area contributed by atoms with E-state index >= 15 is 0 Å². The second kappa shape index (κ2) is 7.83. The summed E-state index contributed by atoms with van der Waals surface area (Å²) in [5, 5.41) is 10.8. The van der Waals surface area contributed by atoms with E-state index in [-0.39, 0.29) is 18.4 Å². The molecule has 0 saturated carbocycles. The molecule has 0 unspecified atom stereocenters. The Morgan fingerprint density at radius 2 is 2.12 bits per heavy atom. The van der Waals surface area contributed by atoms with Crippen LogP contribution in [-0.4, -0.2) is 35.0 Å². The van der Waals surface area contributed by atoms with Gasteiger partial charge in [0, 0.05) is 43.1 Å². The molecule has 3 aromatic rings. The summed E-state index contributed by atoms with van der Waals surface area (Å²) in [6.07, 6.45) is 3.47. The number of benzene rings is 1. The molecule has 2 aromatic heterocycles. The van der Waals surface area contributed by atoms with Crippen molar-refractivity contribution in [2.75, 3.05) is 24.2 Å². The molecule has 3 rings (SSSR count). The minimum atomic E-state index is -0.320. The van der Waals surface area contributed by atoms with Crippen LogP contribution in [-0.2, 0) is 11.8 Å². The predicted molar refractivity (Wildman–Crippen MR) is 103 cm³/mol. The number of aryl methyl sites for hydroxylation is 1. The smallest absolute Gasteiger partial charge is 0.253 e. The first-order valence-corrected chi connectivity index (χ1v) is 8.87. The Balaban J connectivity index is 1.56. The normalized spacial score (nSPS) is 10.4. The maximum atomic E-state index is 12.0. The number of carbonyl (C=O) groups excluding carboxylic acids is 2. The van der Waals surface area contributed by atoms with Crippen LogP contribution < -0.4 is 16.0 Å². The summed E-state index contributed by atoms with van der Waals surface area (Å²) in [7, 11) is 3.69. The number of hydrogen-bond acceptors (Lipinski definition) is 5. The summed E-state index contributed by atoms with van der Waals surface area (Å²) in [6, 6.07) is 9.55. The maximum absolute atomic E-state index is 12.0. The van der Waals surface area contributed by atoms with Crippen LogP contribution in [0.15, 0.2) is 48.1 Å². The van der Waals surface area contributed by atoms with Crippen molar-refractivity contribution in [1.29, 1.82) is 0 Å². The number of nitrogens with zero attached hydrogens (tertiary/aromatic N) is 2. The average Bonchev–Trinajstić information content (AvgIpc) is 3.29. The Morgan fingerprint density at radius 1 is 1.27 bits per heavy atom. The molecule has 8 heteroatoms. The van der Waals surface area contributed by atoms with Gasteiger partial charge in [0.05, 0.1) is 17.8 Å². The molecule has 1 aromatic carbocycles. The zero-order valence-corrected chi connectivity index (χ0v) is 15.3. The minimum absolute atomic E-state index is 0.113. The molecule has 0 aliphatic carbocycles. The van der Waals surface area contributed by atoms with Gasteiger partial charge in [0.25, 0.3) is 5.91 Å². The third-order valence-electron chi connectivity index (χ3n) is 3.70. The third kappa shape index (κ3) is 4.28. The zero-order valence-electron chi connectivity index (χ0n) is 14.4. The number of rotatable bonds is 6. The van der Waals surface area contributed by atoms with Gasteiger partial charge in [-0.2, -0.15) is 0 Å². The van der Waals surface area contributed by atoms with Gasteiger partial charge >= 0.3 is 0 Å². The number of hydrogen-bond donors (Lipinski definition) is 3. The molecule has 134 valence electrons. The monoisotopic (exact) mass is 369 g/mol. The van der Waals surface area contributed by atoms with Crippen LogP contribution in [0, 0.1) is 0 Å². The molecule has 7 nitrogen and oxygen atoms in total. The van der Waals surface area contributed by atoms with Gasteiger partial charge in [-0.15, -0.1) is 11.3 Å². The van der Waals surface area contributed by atoms with E-state index in [0.717, 1.165) is 16.9 Å². The molecule has 0 bridgehead atoms. The van der Waals surface area contributed by atoms with Crippen molar-refractivity contribution in [3.05, 3.63) is 53.7 Å².